The number of benzene rings is 2. The van der Waals surface area contributed by atoms with Crippen molar-refractivity contribution in [1.29, 1.82) is 0 Å². The van der Waals surface area contributed by atoms with E-state index in [4.69, 9.17) is 22.7 Å². The lowest BCUT2D eigenvalue weighted by atomic mass is 9.81. The minimum atomic E-state index is -0.417. The maximum atomic E-state index is 14.3. The van der Waals surface area contributed by atoms with E-state index >= 15 is 0 Å². The molecule has 1 heterocycles. The lowest BCUT2D eigenvalue weighted by Gasteiger charge is -2.35. The number of halogens is 1. The Balaban J connectivity index is 1.93. The van der Waals surface area contributed by atoms with Gasteiger partial charge in [0.15, 0.2) is 0 Å². The van der Waals surface area contributed by atoms with Crippen LogP contribution in [0.3, 0.4) is 0 Å². The van der Waals surface area contributed by atoms with Crippen molar-refractivity contribution < 1.29 is 13.9 Å². The van der Waals surface area contributed by atoms with Crippen LogP contribution < -0.4 is 15.8 Å². The molecule has 0 bridgehead atoms. The highest BCUT2D eigenvalue weighted by Gasteiger charge is 2.35. The van der Waals surface area contributed by atoms with Crippen LogP contribution in [0.4, 0.5) is 10.1 Å². The first kappa shape index (κ1) is 17.4. The summed E-state index contributed by atoms with van der Waals surface area (Å²) in [4.78, 5) is 12.0. The van der Waals surface area contributed by atoms with E-state index in [1.165, 1.54) is 6.07 Å². The van der Waals surface area contributed by atoms with Gasteiger partial charge in [-0.1, -0.05) is 30.4 Å². The lowest BCUT2D eigenvalue weighted by molar-refractivity contribution is -0.118. The zero-order valence-electron chi connectivity index (χ0n) is 13.8. The van der Waals surface area contributed by atoms with Crippen LogP contribution in [0.15, 0.2) is 42.5 Å². The summed E-state index contributed by atoms with van der Waals surface area (Å²) < 4.78 is 19.5. The first-order valence-corrected chi connectivity index (χ1v) is 8.41. The molecule has 2 atom stereocenters. The maximum absolute atomic E-state index is 14.3. The topological polar surface area (TPSA) is 64.3 Å². The lowest BCUT2D eigenvalue weighted by Crippen LogP contribution is -2.43. The highest BCUT2D eigenvalue weighted by molar-refractivity contribution is 7.81. The Hall–Kier alpha value is -2.47. The molecule has 0 saturated carbocycles. The van der Waals surface area contributed by atoms with Crippen LogP contribution in [0.5, 0.6) is 5.75 Å². The third kappa shape index (κ3) is 3.64. The van der Waals surface area contributed by atoms with E-state index in [0.717, 1.165) is 11.3 Å². The summed E-state index contributed by atoms with van der Waals surface area (Å²) in [5, 5.41) is 3.24. The van der Waals surface area contributed by atoms with Crippen molar-refractivity contribution in [2.45, 2.75) is 18.9 Å². The number of fused-ring (bicyclic) bond motifs is 1. The molecule has 2 aromatic rings. The smallest absolute Gasteiger partial charge is 0.219 e. The summed E-state index contributed by atoms with van der Waals surface area (Å²) >= 11 is 5.59. The molecule has 2 aromatic carbocycles. The Kier molecular flexibility index (Phi) is 4.99. The predicted octanol–water partition coefficient (Wildman–Crippen LogP) is 3.08. The molecule has 0 saturated heterocycles. The first-order valence-electron chi connectivity index (χ1n) is 8.00. The number of ether oxygens (including phenoxy) is 1. The average molecular weight is 358 g/mol. The van der Waals surface area contributed by atoms with E-state index in [0.29, 0.717) is 22.5 Å². The van der Waals surface area contributed by atoms with Gasteiger partial charge in [0.25, 0.3) is 0 Å². The van der Waals surface area contributed by atoms with Gasteiger partial charge in [-0.2, -0.15) is 0 Å². The van der Waals surface area contributed by atoms with Crippen molar-refractivity contribution in [2.75, 3.05) is 12.4 Å². The molecule has 0 aliphatic carbocycles. The van der Waals surface area contributed by atoms with Crippen LogP contribution in [0.2, 0.25) is 0 Å². The van der Waals surface area contributed by atoms with Gasteiger partial charge in [-0.15, -0.1) is 0 Å². The monoisotopic (exact) mass is 358 g/mol. The Morgan fingerprint density at radius 2 is 2.00 bits per heavy atom. The minimum absolute atomic E-state index is 0.136. The van der Waals surface area contributed by atoms with Gasteiger partial charge in [-0.3, -0.25) is 4.79 Å². The van der Waals surface area contributed by atoms with Gasteiger partial charge in [0, 0.05) is 34.5 Å². The number of methoxy groups -OCH3 is 1. The van der Waals surface area contributed by atoms with Crippen LogP contribution in [0.1, 0.15) is 17.5 Å². The van der Waals surface area contributed by atoms with Gasteiger partial charge in [0.05, 0.1) is 7.11 Å². The number of rotatable bonds is 5. The highest BCUT2D eigenvalue weighted by atomic mass is 32.1. The molecule has 0 radical (unpaired) electrons. The minimum Gasteiger partial charge on any atom is -0.497 e. The fourth-order valence-corrected chi connectivity index (χ4v) is 3.68. The normalized spacial score (nSPS) is 19.0. The van der Waals surface area contributed by atoms with E-state index in [2.05, 4.69) is 5.32 Å². The molecule has 3 rings (SSSR count). The first-order chi connectivity index (χ1) is 12.0. The van der Waals surface area contributed by atoms with Gasteiger partial charge in [-0.25, -0.2) is 4.39 Å². The number of hydrogen-bond donors (Lipinski definition) is 2. The van der Waals surface area contributed by atoms with Crippen LogP contribution >= 0.6 is 12.2 Å². The van der Waals surface area contributed by atoms with Gasteiger partial charge < -0.3 is 15.8 Å². The number of amides is 1. The molecule has 3 N–H and O–H groups in total. The van der Waals surface area contributed by atoms with Crippen molar-refractivity contribution in [3.05, 3.63) is 59.4 Å². The van der Waals surface area contributed by atoms with E-state index in [1.54, 1.807) is 19.2 Å². The van der Waals surface area contributed by atoms with Gasteiger partial charge in [0.1, 0.15) is 11.6 Å². The maximum Gasteiger partial charge on any atom is 0.219 e. The van der Waals surface area contributed by atoms with Crippen molar-refractivity contribution in [2.24, 2.45) is 11.7 Å². The Morgan fingerprint density at radius 1 is 1.28 bits per heavy atom. The molecular formula is C19H19FN2O2S. The molecular weight excluding hydrogens is 339 g/mol. The molecule has 1 aliphatic heterocycles. The molecule has 2 unspecified atom stereocenters. The summed E-state index contributed by atoms with van der Waals surface area (Å²) in [7, 11) is 1.61. The van der Waals surface area contributed by atoms with Crippen molar-refractivity contribution in [1.82, 2.24) is 0 Å². The van der Waals surface area contributed by atoms with Crippen molar-refractivity contribution in [3.8, 4) is 5.75 Å². The van der Waals surface area contributed by atoms with Crippen molar-refractivity contribution in [3.63, 3.8) is 0 Å². The Bertz CT molecular complexity index is 808. The molecule has 6 heteroatoms. The number of anilines is 1. The number of thiocarbonyl (C=S) groups is 1. The SMILES string of the molecule is COc1ccc(CC2C(=S)c3c(F)cccc3NC2CC(N)=O)cc1. The zero-order valence-corrected chi connectivity index (χ0v) is 14.6. The second-order valence-corrected chi connectivity index (χ2v) is 6.55. The standard InChI is InChI=1S/C19H19FN2O2S/c1-24-12-7-5-11(6-8-12)9-13-16(10-17(21)23)22-15-4-2-3-14(20)18(15)19(13)25/h2-8,13,16,22H,9-10H2,1H3,(H2,21,23). The molecule has 0 fully saturated rings. The van der Waals surface area contributed by atoms with Crippen LogP contribution in [0.25, 0.3) is 0 Å². The Labute approximate surface area is 151 Å². The third-order valence-corrected chi connectivity index (χ3v) is 4.97. The highest BCUT2D eigenvalue weighted by Crippen LogP contribution is 2.34. The summed E-state index contributed by atoms with van der Waals surface area (Å²) in [6.45, 7) is 0. The largest absolute Gasteiger partial charge is 0.497 e. The molecule has 25 heavy (non-hydrogen) atoms. The van der Waals surface area contributed by atoms with E-state index in [1.807, 2.05) is 24.3 Å². The fourth-order valence-electron chi connectivity index (χ4n) is 3.22. The van der Waals surface area contributed by atoms with Gasteiger partial charge >= 0.3 is 0 Å². The van der Waals surface area contributed by atoms with Crippen molar-refractivity contribution >= 4 is 28.7 Å². The quantitative estimate of drug-likeness (QED) is 0.806. The number of hydrogen-bond acceptors (Lipinski definition) is 4. The van der Waals surface area contributed by atoms with Crippen LogP contribution in [-0.2, 0) is 11.2 Å². The summed E-state index contributed by atoms with van der Waals surface area (Å²) in [5.74, 6) is -0.217. The number of primary amides is 1. The van der Waals surface area contributed by atoms with Crippen LogP contribution in [0, 0.1) is 11.7 Å². The molecule has 0 spiro atoms. The summed E-state index contributed by atoms with van der Waals surface area (Å²) in [6.07, 6.45) is 0.721. The van der Waals surface area contributed by atoms with Crippen LogP contribution in [-0.4, -0.2) is 23.9 Å². The predicted molar refractivity (Wildman–Crippen MR) is 99.5 cm³/mol. The average Bonchev–Trinajstić information content (AvgIpc) is 2.58. The van der Waals surface area contributed by atoms with E-state index in [-0.39, 0.29) is 24.2 Å². The second kappa shape index (κ2) is 7.19. The fraction of sp³-hybridized carbons (Fsp3) is 0.263. The summed E-state index contributed by atoms with van der Waals surface area (Å²) in [5.41, 5.74) is 7.46. The molecule has 0 aromatic heterocycles. The zero-order chi connectivity index (χ0) is 18.0. The van der Waals surface area contributed by atoms with E-state index < -0.39 is 5.91 Å². The number of carbonyl (C=O) groups is 1. The second-order valence-electron chi connectivity index (χ2n) is 6.11. The molecule has 4 nitrogen and oxygen atoms in total. The summed E-state index contributed by atoms with van der Waals surface area (Å²) in [6, 6.07) is 12.1. The third-order valence-electron chi connectivity index (χ3n) is 4.46. The number of nitrogens with two attached hydrogens (primary N) is 1. The van der Waals surface area contributed by atoms with E-state index in [9.17, 15) is 9.18 Å². The van der Waals surface area contributed by atoms with Gasteiger partial charge in [-0.05, 0) is 36.2 Å². The number of carbonyl (C=O) groups excluding carboxylic acids is 1. The molecule has 130 valence electrons. The van der Waals surface area contributed by atoms with Gasteiger partial charge in [0.2, 0.25) is 5.91 Å². The Morgan fingerprint density at radius 3 is 2.64 bits per heavy atom. The molecule has 1 amide bonds. The number of nitrogens with one attached hydrogen (secondary N) is 1. The molecule has 1 aliphatic rings.